The van der Waals surface area contributed by atoms with Crippen molar-refractivity contribution in [1.29, 1.82) is 0 Å². The Labute approximate surface area is 117 Å². The fraction of sp³-hybridized carbons (Fsp3) is 0.429. The number of piperazine rings is 1. The molecule has 0 radical (unpaired) electrons. The van der Waals surface area contributed by atoms with E-state index in [2.05, 4.69) is 5.32 Å². The number of rotatable bonds is 3. The van der Waals surface area contributed by atoms with Crippen LogP contribution in [0.1, 0.15) is 26.7 Å². The van der Waals surface area contributed by atoms with Crippen LogP contribution in [0.2, 0.25) is 5.02 Å². The average molecular weight is 281 g/mol. The molecule has 0 aliphatic carbocycles. The second kappa shape index (κ2) is 5.61. The van der Waals surface area contributed by atoms with Crippen molar-refractivity contribution in [2.24, 2.45) is 0 Å². The standard InChI is InChI=1S/C14H17ClN2O2/c1-3-4-12-14(19)17(9(2)13(18)16-12)11-7-5-10(15)6-8-11/h5-9,12H,3-4H2,1-2H3,(H,16,18). The van der Waals surface area contributed by atoms with Gasteiger partial charge >= 0.3 is 0 Å². The molecule has 1 fully saturated rings. The molecule has 0 saturated carbocycles. The molecule has 1 saturated heterocycles. The fourth-order valence-electron chi connectivity index (χ4n) is 2.27. The zero-order chi connectivity index (χ0) is 14.0. The highest BCUT2D eigenvalue weighted by molar-refractivity contribution is 6.30. The second-order valence-corrected chi connectivity index (χ2v) is 5.15. The molecule has 2 amide bonds. The molecule has 1 N–H and O–H groups in total. The summed E-state index contributed by atoms with van der Waals surface area (Å²) in [5, 5.41) is 3.38. The van der Waals surface area contributed by atoms with Crippen molar-refractivity contribution in [1.82, 2.24) is 5.32 Å². The molecule has 102 valence electrons. The maximum Gasteiger partial charge on any atom is 0.250 e. The van der Waals surface area contributed by atoms with Crippen LogP contribution in [0.15, 0.2) is 24.3 Å². The van der Waals surface area contributed by atoms with E-state index in [0.717, 1.165) is 6.42 Å². The minimum atomic E-state index is -0.498. The summed E-state index contributed by atoms with van der Waals surface area (Å²) in [5.74, 6) is -0.177. The Kier molecular flexibility index (Phi) is 4.10. The zero-order valence-corrected chi connectivity index (χ0v) is 11.8. The van der Waals surface area contributed by atoms with Crippen LogP contribution in [0.3, 0.4) is 0 Å². The van der Waals surface area contributed by atoms with Gasteiger partial charge in [0.15, 0.2) is 0 Å². The zero-order valence-electron chi connectivity index (χ0n) is 11.0. The van der Waals surface area contributed by atoms with E-state index < -0.39 is 12.1 Å². The fourth-order valence-corrected chi connectivity index (χ4v) is 2.39. The number of nitrogens with zero attached hydrogens (tertiary/aromatic N) is 1. The van der Waals surface area contributed by atoms with Gasteiger partial charge in [-0.15, -0.1) is 0 Å². The predicted octanol–water partition coefficient (Wildman–Crippen LogP) is 2.36. The van der Waals surface area contributed by atoms with Gasteiger partial charge in [-0.1, -0.05) is 24.9 Å². The van der Waals surface area contributed by atoms with Gasteiger partial charge < -0.3 is 5.32 Å². The molecule has 2 unspecified atom stereocenters. The first kappa shape index (κ1) is 13.9. The lowest BCUT2D eigenvalue weighted by Gasteiger charge is -2.37. The summed E-state index contributed by atoms with van der Waals surface area (Å²) < 4.78 is 0. The number of halogens is 1. The summed E-state index contributed by atoms with van der Waals surface area (Å²) in [7, 11) is 0. The third-order valence-electron chi connectivity index (χ3n) is 3.30. The summed E-state index contributed by atoms with van der Waals surface area (Å²) in [5.41, 5.74) is 0.706. The summed E-state index contributed by atoms with van der Waals surface area (Å²) in [6.45, 7) is 3.72. The van der Waals surface area contributed by atoms with Crippen molar-refractivity contribution in [3.05, 3.63) is 29.3 Å². The maximum absolute atomic E-state index is 12.4. The molecule has 0 spiro atoms. The molecule has 19 heavy (non-hydrogen) atoms. The Balaban J connectivity index is 2.32. The second-order valence-electron chi connectivity index (χ2n) is 4.71. The van der Waals surface area contributed by atoms with Gasteiger partial charge in [0.05, 0.1) is 0 Å². The summed E-state index contributed by atoms with van der Waals surface area (Å²) in [6, 6.07) is 6.04. The molecular formula is C14H17ClN2O2. The van der Waals surface area contributed by atoms with Crippen molar-refractivity contribution in [2.45, 2.75) is 38.8 Å². The molecule has 1 aliphatic rings. The van der Waals surface area contributed by atoms with Gasteiger partial charge in [0.1, 0.15) is 12.1 Å². The topological polar surface area (TPSA) is 49.4 Å². The number of benzene rings is 1. The van der Waals surface area contributed by atoms with Crippen molar-refractivity contribution in [3.8, 4) is 0 Å². The van der Waals surface area contributed by atoms with E-state index in [9.17, 15) is 9.59 Å². The Morgan fingerprint density at radius 2 is 1.89 bits per heavy atom. The lowest BCUT2D eigenvalue weighted by Crippen LogP contribution is -2.62. The number of hydrogen-bond donors (Lipinski definition) is 1. The highest BCUT2D eigenvalue weighted by Crippen LogP contribution is 2.24. The number of anilines is 1. The van der Waals surface area contributed by atoms with Crippen LogP contribution >= 0.6 is 11.6 Å². The molecule has 4 nitrogen and oxygen atoms in total. The molecule has 1 aliphatic heterocycles. The number of carbonyl (C=O) groups is 2. The van der Waals surface area contributed by atoms with Gasteiger partial charge in [-0.05, 0) is 37.6 Å². The number of nitrogens with one attached hydrogen (secondary N) is 1. The van der Waals surface area contributed by atoms with Gasteiger partial charge in [0.25, 0.3) is 0 Å². The summed E-state index contributed by atoms with van der Waals surface area (Å²) in [4.78, 5) is 25.9. The smallest absolute Gasteiger partial charge is 0.250 e. The third-order valence-corrected chi connectivity index (χ3v) is 3.55. The number of carbonyl (C=O) groups excluding carboxylic acids is 2. The van der Waals surface area contributed by atoms with E-state index in [1.165, 1.54) is 0 Å². The van der Waals surface area contributed by atoms with Crippen molar-refractivity contribution < 1.29 is 9.59 Å². The largest absolute Gasteiger partial charge is 0.342 e. The van der Waals surface area contributed by atoms with Gasteiger partial charge in [-0.3, -0.25) is 14.5 Å². The molecular weight excluding hydrogens is 264 g/mol. The van der Waals surface area contributed by atoms with Gasteiger partial charge in [-0.25, -0.2) is 0 Å². The highest BCUT2D eigenvalue weighted by atomic mass is 35.5. The molecule has 0 bridgehead atoms. The minimum absolute atomic E-state index is 0.0590. The average Bonchev–Trinajstić information content (AvgIpc) is 2.39. The van der Waals surface area contributed by atoms with Crippen LogP contribution in [0.4, 0.5) is 5.69 Å². The predicted molar refractivity (Wildman–Crippen MR) is 75.2 cm³/mol. The summed E-state index contributed by atoms with van der Waals surface area (Å²) >= 11 is 5.85. The van der Waals surface area contributed by atoms with Crippen LogP contribution in [0.5, 0.6) is 0 Å². The van der Waals surface area contributed by atoms with Gasteiger partial charge in [-0.2, -0.15) is 0 Å². The molecule has 2 atom stereocenters. The van der Waals surface area contributed by atoms with E-state index in [1.54, 1.807) is 36.1 Å². The van der Waals surface area contributed by atoms with E-state index in [4.69, 9.17) is 11.6 Å². The Hall–Kier alpha value is -1.55. The van der Waals surface area contributed by atoms with E-state index in [-0.39, 0.29) is 11.8 Å². The molecule has 1 aromatic rings. The van der Waals surface area contributed by atoms with Gasteiger partial charge in [0, 0.05) is 10.7 Å². The highest BCUT2D eigenvalue weighted by Gasteiger charge is 2.38. The van der Waals surface area contributed by atoms with E-state index in [1.807, 2.05) is 6.92 Å². The van der Waals surface area contributed by atoms with Gasteiger partial charge in [0.2, 0.25) is 11.8 Å². The molecule has 2 rings (SSSR count). The van der Waals surface area contributed by atoms with Crippen LogP contribution in [-0.2, 0) is 9.59 Å². The summed E-state index contributed by atoms with van der Waals surface area (Å²) in [6.07, 6.45) is 1.50. The number of amides is 2. The van der Waals surface area contributed by atoms with Crippen LogP contribution in [0.25, 0.3) is 0 Å². The lowest BCUT2D eigenvalue weighted by molar-refractivity contribution is -0.133. The minimum Gasteiger partial charge on any atom is -0.342 e. The quantitative estimate of drug-likeness (QED) is 0.924. The molecule has 5 heteroatoms. The van der Waals surface area contributed by atoms with Crippen molar-refractivity contribution in [3.63, 3.8) is 0 Å². The van der Waals surface area contributed by atoms with Crippen LogP contribution in [-0.4, -0.2) is 23.9 Å². The van der Waals surface area contributed by atoms with Crippen molar-refractivity contribution >= 4 is 29.1 Å². The lowest BCUT2D eigenvalue weighted by atomic mass is 10.0. The molecule has 1 aromatic carbocycles. The Morgan fingerprint density at radius 1 is 1.26 bits per heavy atom. The normalized spacial score (nSPS) is 23.4. The van der Waals surface area contributed by atoms with Crippen LogP contribution < -0.4 is 10.2 Å². The van der Waals surface area contributed by atoms with E-state index >= 15 is 0 Å². The first-order valence-electron chi connectivity index (χ1n) is 6.43. The molecule has 0 aromatic heterocycles. The van der Waals surface area contributed by atoms with Crippen molar-refractivity contribution in [2.75, 3.05) is 4.90 Å². The first-order valence-corrected chi connectivity index (χ1v) is 6.81. The monoisotopic (exact) mass is 280 g/mol. The maximum atomic E-state index is 12.4. The first-order chi connectivity index (χ1) is 9.04. The Bertz CT molecular complexity index is 487. The Morgan fingerprint density at radius 3 is 2.47 bits per heavy atom. The number of hydrogen-bond acceptors (Lipinski definition) is 2. The SMILES string of the molecule is CCCC1NC(=O)C(C)N(c2ccc(Cl)cc2)C1=O. The van der Waals surface area contributed by atoms with E-state index in [0.29, 0.717) is 17.1 Å². The molecule has 1 heterocycles. The van der Waals surface area contributed by atoms with Crippen LogP contribution in [0, 0.1) is 0 Å². The third kappa shape index (κ3) is 2.73.